The molecule has 1 heterocycles. The summed E-state index contributed by atoms with van der Waals surface area (Å²) < 4.78 is 13.1. The molecule has 0 unspecified atom stereocenters. The third kappa shape index (κ3) is 3.17. The molecule has 20 heavy (non-hydrogen) atoms. The van der Waals surface area contributed by atoms with Gasteiger partial charge in [-0.1, -0.05) is 12.1 Å². The van der Waals surface area contributed by atoms with Crippen LogP contribution in [0, 0.1) is 0 Å². The Balaban J connectivity index is 2.37. The smallest absolute Gasteiger partial charge is 0.175 e. The second-order valence-electron chi connectivity index (χ2n) is 4.59. The van der Waals surface area contributed by atoms with Gasteiger partial charge in [0.05, 0.1) is 17.6 Å². The lowest BCUT2D eigenvalue weighted by Crippen LogP contribution is -2.25. The summed E-state index contributed by atoms with van der Waals surface area (Å²) in [7, 11) is 0. The van der Waals surface area contributed by atoms with E-state index < -0.39 is 6.10 Å². The summed E-state index contributed by atoms with van der Waals surface area (Å²) in [5.74, 6) is 0.635. The molecule has 5 heteroatoms. The third-order valence-electron chi connectivity index (χ3n) is 3.09. The highest BCUT2D eigenvalue weighted by molar-refractivity contribution is 5.76. The van der Waals surface area contributed by atoms with E-state index in [1.54, 1.807) is 6.92 Å². The van der Waals surface area contributed by atoms with E-state index in [1.165, 1.54) is 0 Å². The fourth-order valence-corrected chi connectivity index (χ4v) is 2.28. The van der Waals surface area contributed by atoms with Crippen molar-refractivity contribution in [1.82, 2.24) is 9.55 Å². The van der Waals surface area contributed by atoms with Crippen molar-refractivity contribution in [2.45, 2.75) is 39.7 Å². The minimum absolute atomic E-state index is 0.333. The number of hydrogen-bond acceptors (Lipinski definition) is 4. The van der Waals surface area contributed by atoms with E-state index in [2.05, 4.69) is 4.98 Å². The zero-order chi connectivity index (χ0) is 14.5. The van der Waals surface area contributed by atoms with Gasteiger partial charge in [-0.15, -0.1) is 0 Å². The topological polar surface area (TPSA) is 56.5 Å². The van der Waals surface area contributed by atoms with Crippen LogP contribution < -0.4 is 0 Å². The first kappa shape index (κ1) is 15.0. The first-order valence-electron chi connectivity index (χ1n) is 7.03. The van der Waals surface area contributed by atoms with E-state index in [1.807, 2.05) is 42.7 Å². The summed E-state index contributed by atoms with van der Waals surface area (Å²) in [5, 5.41) is 9.91. The fourth-order valence-electron chi connectivity index (χ4n) is 2.28. The normalized spacial score (nSPS) is 13.2. The molecule has 1 N–H and O–H groups in total. The lowest BCUT2D eigenvalue weighted by molar-refractivity contribution is -0.143. The van der Waals surface area contributed by atoms with Gasteiger partial charge in [-0.2, -0.15) is 0 Å². The van der Waals surface area contributed by atoms with Crippen LogP contribution in [-0.4, -0.2) is 34.2 Å². The van der Waals surface area contributed by atoms with Crippen LogP contribution in [0.4, 0.5) is 0 Å². The third-order valence-corrected chi connectivity index (χ3v) is 3.09. The molecule has 0 aliphatic heterocycles. The van der Waals surface area contributed by atoms with Gasteiger partial charge in [-0.3, -0.25) is 0 Å². The number of benzene rings is 1. The van der Waals surface area contributed by atoms with Gasteiger partial charge in [-0.05, 0) is 32.9 Å². The molecule has 2 rings (SSSR count). The highest BCUT2D eigenvalue weighted by Gasteiger charge is 2.18. The van der Waals surface area contributed by atoms with Crippen molar-refractivity contribution in [2.24, 2.45) is 0 Å². The largest absolute Gasteiger partial charge is 0.385 e. The predicted molar refractivity (Wildman–Crippen MR) is 77.4 cm³/mol. The molecule has 0 fully saturated rings. The number of para-hydroxylation sites is 2. The molecule has 0 aliphatic carbocycles. The van der Waals surface area contributed by atoms with Crippen LogP contribution in [0.25, 0.3) is 11.0 Å². The lowest BCUT2D eigenvalue weighted by Gasteiger charge is -2.20. The minimum atomic E-state index is -0.633. The van der Waals surface area contributed by atoms with Crippen LogP contribution in [0.3, 0.4) is 0 Å². The van der Waals surface area contributed by atoms with Crippen molar-refractivity contribution in [2.75, 3.05) is 13.2 Å². The molecule has 1 aromatic heterocycles. The van der Waals surface area contributed by atoms with Gasteiger partial charge in [0.1, 0.15) is 11.9 Å². The average Bonchev–Trinajstić information content (AvgIpc) is 2.79. The summed E-state index contributed by atoms with van der Waals surface area (Å²) in [5.41, 5.74) is 1.85. The van der Waals surface area contributed by atoms with Gasteiger partial charge in [-0.25, -0.2) is 4.98 Å². The Morgan fingerprint density at radius 2 is 1.85 bits per heavy atom. The number of aliphatic hydroxyl groups excluding tert-OH is 1. The van der Waals surface area contributed by atoms with Gasteiger partial charge in [0, 0.05) is 13.2 Å². The molecular formula is C15H22N2O3. The Kier molecular flexibility index (Phi) is 5.11. The summed E-state index contributed by atoms with van der Waals surface area (Å²) in [4.78, 5) is 4.49. The van der Waals surface area contributed by atoms with Gasteiger partial charge in [0.15, 0.2) is 6.29 Å². The van der Waals surface area contributed by atoms with Crippen LogP contribution in [0.2, 0.25) is 0 Å². The van der Waals surface area contributed by atoms with Crippen molar-refractivity contribution in [1.29, 1.82) is 0 Å². The number of fused-ring (bicyclic) bond motifs is 1. The molecule has 1 aromatic carbocycles. The molecule has 0 radical (unpaired) electrons. The predicted octanol–water partition coefficient (Wildman–Crippen LogP) is 2.49. The molecule has 0 saturated carbocycles. The SMILES string of the molecule is CCOC(Cn1c([C@H](C)O)nc2ccccc21)OCC. The van der Waals surface area contributed by atoms with Crippen molar-refractivity contribution in [3.63, 3.8) is 0 Å². The second-order valence-corrected chi connectivity index (χ2v) is 4.59. The van der Waals surface area contributed by atoms with E-state index in [9.17, 15) is 5.11 Å². The Morgan fingerprint density at radius 1 is 1.20 bits per heavy atom. The van der Waals surface area contributed by atoms with E-state index >= 15 is 0 Å². The quantitative estimate of drug-likeness (QED) is 0.791. The van der Waals surface area contributed by atoms with Gasteiger partial charge in [0.2, 0.25) is 0 Å². The molecule has 0 spiro atoms. The van der Waals surface area contributed by atoms with Crippen LogP contribution in [0.15, 0.2) is 24.3 Å². The molecule has 2 aromatic rings. The summed E-state index contributed by atoms with van der Waals surface area (Å²) in [6.07, 6.45) is -0.966. The number of imidazole rings is 1. The summed E-state index contributed by atoms with van der Waals surface area (Å²) in [6, 6.07) is 7.83. The van der Waals surface area contributed by atoms with E-state index in [0.29, 0.717) is 25.6 Å². The van der Waals surface area contributed by atoms with Crippen LogP contribution in [-0.2, 0) is 16.0 Å². The van der Waals surface area contributed by atoms with Crippen molar-refractivity contribution in [3.05, 3.63) is 30.1 Å². The molecular weight excluding hydrogens is 256 g/mol. The Labute approximate surface area is 119 Å². The van der Waals surface area contributed by atoms with Crippen LogP contribution in [0.5, 0.6) is 0 Å². The van der Waals surface area contributed by atoms with E-state index in [-0.39, 0.29) is 6.29 Å². The highest BCUT2D eigenvalue weighted by Crippen LogP contribution is 2.21. The van der Waals surface area contributed by atoms with Gasteiger partial charge < -0.3 is 19.1 Å². The second kappa shape index (κ2) is 6.83. The average molecular weight is 278 g/mol. The first-order valence-corrected chi connectivity index (χ1v) is 7.03. The molecule has 1 atom stereocenters. The maximum atomic E-state index is 9.91. The number of ether oxygens (including phenoxy) is 2. The van der Waals surface area contributed by atoms with Crippen molar-refractivity contribution in [3.8, 4) is 0 Å². The molecule has 0 amide bonds. The number of hydrogen-bond donors (Lipinski definition) is 1. The zero-order valence-electron chi connectivity index (χ0n) is 12.2. The Morgan fingerprint density at radius 3 is 2.45 bits per heavy atom. The number of nitrogens with zero attached hydrogens (tertiary/aromatic N) is 2. The minimum Gasteiger partial charge on any atom is -0.385 e. The molecule has 0 saturated heterocycles. The Hall–Kier alpha value is -1.43. The molecule has 0 aliphatic rings. The summed E-state index contributed by atoms with van der Waals surface area (Å²) in [6.45, 7) is 7.28. The van der Waals surface area contributed by atoms with Crippen LogP contribution >= 0.6 is 0 Å². The van der Waals surface area contributed by atoms with Crippen LogP contribution in [0.1, 0.15) is 32.7 Å². The molecule has 110 valence electrons. The van der Waals surface area contributed by atoms with Crippen molar-refractivity contribution < 1.29 is 14.6 Å². The summed E-state index contributed by atoms with van der Waals surface area (Å²) >= 11 is 0. The zero-order valence-corrected chi connectivity index (χ0v) is 12.2. The first-order chi connectivity index (χ1) is 9.67. The number of rotatable bonds is 7. The maximum Gasteiger partial charge on any atom is 0.175 e. The van der Waals surface area contributed by atoms with Crippen molar-refractivity contribution >= 4 is 11.0 Å². The lowest BCUT2D eigenvalue weighted by atomic mass is 10.3. The fraction of sp³-hybridized carbons (Fsp3) is 0.533. The van der Waals surface area contributed by atoms with Gasteiger partial charge >= 0.3 is 0 Å². The maximum absolute atomic E-state index is 9.91. The molecule has 5 nitrogen and oxygen atoms in total. The highest BCUT2D eigenvalue weighted by atomic mass is 16.7. The number of aromatic nitrogens is 2. The van der Waals surface area contributed by atoms with Gasteiger partial charge in [0.25, 0.3) is 0 Å². The monoisotopic (exact) mass is 278 g/mol. The van der Waals surface area contributed by atoms with E-state index in [0.717, 1.165) is 11.0 Å². The number of aliphatic hydroxyl groups is 1. The standard InChI is InChI=1S/C15H22N2O3/c1-4-19-14(20-5-2)10-17-13-9-7-6-8-12(13)16-15(17)11(3)18/h6-9,11,14,18H,4-5,10H2,1-3H3/t11-/m0/s1. The van der Waals surface area contributed by atoms with E-state index in [4.69, 9.17) is 9.47 Å². The molecule has 0 bridgehead atoms. The Bertz CT molecular complexity index is 545.